The summed E-state index contributed by atoms with van der Waals surface area (Å²) >= 11 is 0. The summed E-state index contributed by atoms with van der Waals surface area (Å²) in [5, 5.41) is 2.93. The van der Waals surface area contributed by atoms with Crippen LogP contribution in [0.1, 0.15) is 18.4 Å². The highest BCUT2D eigenvalue weighted by atomic mass is 16.5. The molecule has 6 nitrogen and oxygen atoms in total. The number of nitrogens with one attached hydrogen (secondary N) is 1. The molecule has 0 radical (unpaired) electrons. The molecule has 0 unspecified atom stereocenters. The third-order valence-electron chi connectivity index (χ3n) is 5.90. The number of carbonyl (C=O) groups is 2. The van der Waals surface area contributed by atoms with Crippen LogP contribution in [0.4, 0.5) is 11.4 Å². The molecule has 1 saturated carbocycles. The van der Waals surface area contributed by atoms with Crippen LogP contribution in [0.25, 0.3) is 0 Å². The van der Waals surface area contributed by atoms with E-state index >= 15 is 0 Å². The van der Waals surface area contributed by atoms with Gasteiger partial charge in [0, 0.05) is 31.9 Å². The summed E-state index contributed by atoms with van der Waals surface area (Å²) in [5.74, 6) is 0.615. The zero-order valence-corrected chi connectivity index (χ0v) is 17.0. The first kappa shape index (κ1) is 19.3. The van der Waals surface area contributed by atoms with Crippen LogP contribution < -0.4 is 15.0 Å². The molecule has 1 saturated heterocycles. The SMILES string of the molecule is COc1ccccc1N1CCN(C(=O)C2(C(=O)Nc3ccc(C)cc3)CC2)CC1. The highest BCUT2D eigenvalue weighted by molar-refractivity contribution is 6.13. The second kappa shape index (κ2) is 7.78. The van der Waals surface area contributed by atoms with Crippen molar-refractivity contribution in [2.75, 3.05) is 43.5 Å². The van der Waals surface area contributed by atoms with Gasteiger partial charge in [0.2, 0.25) is 11.8 Å². The minimum absolute atomic E-state index is 0.0400. The van der Waals surface area contributed by atoms with Gasteiger partial charge in [-0.05, 0) is 44.0 Å². The average Bonchev–Trinajstić information content (AvgIpc) is 3.57. The van der Waals surface area contributed by atoms with E-state index in [4.69, 9.17) is 4.74 Å². The summed E-state index contributed by atoms with van der Waals surface area (Å²) in [6.07, 6.45) is 1.24. The number of anilines is 2. The van der Waals surface area contributed by atoms with Crippen LogP contribution in [-0.4, -0.2) is 50.0 Å². The minimum atomic E-state index is -0.891. The van der Waals surface area contributed by atoms with Crippen molar-refractivity contribution in [3.05, 3.63) is 54.1 Å². The van der Waals surface area contributed by atoms with Crippen LogP contribution in [-0.2, 0) is 9.59 Å². The van der Waals surface area contributed by atoms with Gasteiger partial charge in [-0.25, -0.2) is 0 Å². The fourth-order valence-corrected chi connectivity index (χ4v) is 3.89. The highest BCUT2D eigenvalue weighted by Crippen LogP contribution is 2.48. The zero-order chi connectivity index (χ0) is 20.4. The lowest BCUT2D eigenvalue weighted by Gasteiger charge is -2.38. The summed E-state index contributed by atoms with van der Waals surface area (Å²) in [7, 11) is 1.67. The Morgan fingerprint density at radius 2 is 1.62 bits per heavy atom. The van der Waals surface area contributed by atoms with Gasteiger partial charge >= 0.3 is 0 Å². The van der Waals surface area contributed by atoms with Gasteiger partial charge in [-0.2, -0.15) is 0 Å². The van der Waals surface area contributed by atoms with E-state index in [1.807, 2.05) is 60.4 Å². The molecule has 2 aromatic rings. The van der Waals surface area contributed by atoms with Crippen molar-refractivity contribution in [3.63, 3.8) is 0 Å². The maximum Gasteiger partial charge on any atom is 0.240 e. The van der Waals surface area contributed by atoms with Gasteiger partial charge in [-0.15, -0.1) is 0 Å². The van der Waals surface area contributed by atoms with Crippen molar-refractivity contribution in [1.82, 2.24) is 4.90 Å². The molecule has 2 amide bonds. The Labute approximate surface area is 171 Å². The normalized spacial score (nSPS) is 17.6. The summed E-state index contributed by atoms with van der Waals surface area (Å²) in [4.78, 5) is 30.1. The zero-order valence-electron chi connectivity index (χ0n) is 17.0. The Morgan fingerprint density at radius 3 is 2.24 bits per heavy atom. The molecule has 152 valence electrons. The lowest BCUT2D eigenvalue weighted by atomic mass is 10.0. The van der Waals surface area contributed by atoms with Crippen LogP contribution in [0.2, 0.25) is 0 Å². The van der Waals surface area contributed by atoms with Crippen molar-refractivity contribution in [2.45, 2.75) is 19.8 Å². The monoisotopic (exact) mass is 393 g/mol. The number of hydrogen-bond acceptors (Lipinski definition) is 4. The minimum Gasteiger partial charge on any atom is -0.495 e. The number of hydrogen-bond donors (Lipinski definition) is 1. The quantitative estimate of drug-likeness (QED) is 0.793. The largest absolute Gasteiger partial charge is 0.495 e. The maximum absolute atomic E-state index is 13.2. The number of ether oxygens (including phenoxy) is 1. The van der Waals surface area contributed by atoms with E-state index in [1.165, 1.54) is 0 Å². The van der Waals surface area contributed by atoms with Crippen LogP contribution in [0, 0.1) is 12.3 Å². The standard InChI is InChI=1S/C23H27N3O3/c1-17-7-9-18(10-8-17)24-21(27)23(11-12-23)22(28)26-15-13-25(14-16-26)19-5-3-4-6-20(19)29-2/h3-10H,11-16H2,1-2H3,(H,24,27). The number of benzene rings is 2. The molecule has 29 heavy (non-hydrogen) atoms. The number of para-hydroxylation sites is 2. The average molecular weight is 393 g/mol. The summed E-state index contributed by atoms with van der Waals surface area (Å²) in [6.45, 7) is 4.67. The first-order valence-corrected chi connectivity index (χ1v) is 10.1. The number of piperazine rings is 1. The van der Waals surface area contributed by atoms with Crippen molar-refractivity contribution < 1.29 is 14.3 Å². The Balaban J connectivity index is 1.39. The molecule has 6 heteroatoms. The third-order valence-corrected chi connectivity index (χ3v) is 5.90. The molecule has 1 aliphatic carbocycles. The highest BCUT2D eigenvalue weighted by Gasteiger charge is 2.58. The molecule has 1 heterocycles. The fraction of sp³-hybridized carbons (Fsp3) is 0.391. The summed E-state index contributed by atoms with van der Waals surface area (Å²) in [6, 6.07) is 15.6. The molecule has 1 N–H and O–H groups in total. The van der Waals surface area contributed by atoms with E-state index in [9.17, 15) is 9.59 Å². The number of nitrogens with zero attached hydrogens (tertiary/aromatic N) is 2. The van der Waals surface area contributed by atoms with E-state index in [2.05, 4.69) is 10.2 Å². The Morgan fingerprint density at radius 1 is 0.966 bits per heavy atom. The first-order chi connectivity index (χ1) is 14.0. The van der Waals surface area contributed by atoms with Gasteiger partial charge in [-0.1, -0.05) is 29.8 Å². The molecule has 2 fully saturated rings. The molecule has 1 aliphatic heterocycles. The van der Waals surface area contributed by atoms with Gasteiger partial charge in [0.15, 0.2) is 0 Å². The molecule has 2 aromatic carbocycles. The van der Waals surface area contributed by atoms with Gasteiger partial charge in [0.25, 0.3) is 0 Å². The van der Waals surface area contributed by atoms with E-state index in [-0.39, 0.29) is 11.8 Å². The molecular weight excluding hydrogens is 366 g/mol. The van der Waals surface area contributed by atoms with Crippen molar-refractivity contribution in [2.24, 2.45) is 5.41 Å². The van der Waals surface area contributed by atoms with Crippen LogP contribution in [0.15, 0.2) is 48.5 Å². The number of rotatable bonds is 5. The second-order valence-electron chi connectivity index (χ2n) is 7.85. The lowest BCUT2D eigenvalue weighted by molar-refractivity contribution is -0.142. The predicted octanol–water partition coefficient (Wildman–Crippen LogP) is 3.07. The molecule has 4 rings (SSSR count). The molecule has 0 aromatic heterocycles. The number of methoxy groups -OCH3 is 1. The Bertz CT molecular complexity index is 898. The van der Waals surface area contributed by atoms with Crippen molar-refractivity contribution in [3.8, 4) is 5.75 Å². The number of carbonyl (C=O) groups excluding carboxylic acids is 2. The predicted molar refractivity (Wildman–Crippen MR) is 113 cm³/mol. The van der Waals surface area contributed by atoms with Gasteiger partial charge in [0.1, 0.15) is 11.2 Å². The molecule has 2 aliphatic rings. The van der Waals surface area contributed by atoms with E-state index < -0.39 is 5.41 Å². The number of aryl methyl sites for hydroxylation is 1. The lowest BCUT2D eigenvalue weighted by Crippen LogP contribution is -2.52. The van der Waals surface area contributed by atoms with Gasteiger partial charge in [-0.3, -0.25) is 9.59 Å². The van der Waals surface area contributed by atoms with Gasteiger partial charge < -0.3 is 19.9 Å². The summed E-state index contributed by atoms with van der Waals surface area (Å²) in [5.41, 5.74) is 2.02. The van der Waals surface area contributed by atoms with E-state index in [0.717, 1.165) is 35.8 Å². The molecule has 0 spiro atoms. The van der Waals surface area contributed by atoms with Crippen molar-refractivity contribution >= 4 is 23.2 Å². The summed E-state index contributed by atoms with van der Waals surface area (Å²) < 4.78 is 5.46. The molecule has 0 atom stereocenters. The smallest absolute Gasteiger partial charge is 0.240 e. The van der Waals surface area contributed by atoms with Crippen molar-refractivity contribution in [1.29, 1.82) is 0 Å². The van der Waals surface area contributed by atoms with Gasteiger partial charge in [0.05, 0.1) is 12.8 Å². The van der Waals surface area contributed by atoms with Crippen LogP contribution in [0.5, 0.6) is 5.75 Å². The Kier molecular flexibility index (Phi) is 5.18. The third kappa shape index (κ3) is 3.79. The maximum atomic E-state index is 13.2. The molecule has 0 bridgehead atoms. The molecular formula is C23H27N3O3. The topological polar surface area (TPSA) is 61.9 Å². The fourth-order valence-electron chi connectivity index (χ4n) is 3.89. The first-order valence-electron chi connectivity index (χ1n) is 10.1. The van der Waals surface area contributed by atoms with Crippen LogP contribution >= 0.6 is 0 Å². The van der Waals surface area contributed by atoms with E-state index in [0.29, 0.717) is 25.9 Å². The number of amides is 2. The second-order valence-corrected chi connectivity index (χ2v) is 7.85. The van der Waals surface area contributed by atoms with Crippen LogP contribution in [0.3, 0.4) is 0 Å². The Hall–Kier alpha value is -3.02. The van der Waals surface area contributed by atoms with E-state index in [1.54, 1.807) is 7.11 Å².